The van der Waals surface area contributed by atoms with E-state index in [1.54, 1.807) is 0 Å². The maximum atomic E-state index is 13.0. The predicted molar refractivity (Wildman–Crippen MR) is 124 cm³/mol. The number of nitrogens with one attached hydrogen (secondary N) is 2. The molecule has 2 rings (SSSR count). The van der Waals surface area contributed by atoms with Crippen LogP contribution >= 0.6 is 24.0 Å². The van der Waals surface area contributed by atoms with Gasteiger partial charge in [0.25, 0.3) is 0 Å². The number of benzene rings is 1. The summed E-state index contributed by atoms with van der Waals surface area (Å²) in [6, 6.07) is 6.68. The van der Waals surface area contributed by atoms with Crippen molar-refractivity contribution in [1.29, 1.82) is 0 Å². The van der Waals surface area contributed by atoms with Crippen LogP contribution in [-0.4, -0.2) is 81.8 Å². The molecule has 0 aliphatic carbocycles. The maximum Gasteiger partial charge on any atom is 0.191 e. The fourth-order valence-electron chi connectivity index (χ4n) is 3.00. The number of aliphatic imine (C=N–C) groups is 1. The lowest BCUT2D eigenvalue weighted by Crippen LogP contribution is -2.41. The number of halogens is 2. The Morgan fingerprint density at radius 1 is 1.21 bits per heavy atom. The van der Waals surface area contributed by atoms with E-state index in [1.807, 2.05) is 12.1 Å². The van der Waals surface area contributed by atoms with E-state index >= 15 is 0 Å². The number of likely N-dealkylation sites (N-methyl/N-ethyl adjacent to an activating group) is 1. The van der Waals surface area contributed by atoms with Gasteiger partial charge in [-0.25, -0.2) is 4.39 Å². The van der Waals surface area contributed by atoms with Crippen LogP contribution in [-0.2, 0) is 11.3 Å². The number of hydrogen-bond donors (Lipinski definition) is 2. The molecule has 0 spiro atoms. The summed E-state index contributed by atoms with van der Waals surface area (Å²) in [7, 11) is 2.07. The molecule has 1 fully saturated rings. The summed E-state index contributed by atoms with van der Waals surface area (Å²) >= 11 is 0. The molecule has 160 valence electrons. The molecule has 1 aliphatic rings. The second-order valence-corrected chi connectivity index (χ2v) is 6.86. The lowest BCUT2D eigenvalue weighted by molar-refractivity contribution is 0.0377. The van der Waals surface area contributed by atoms with Crippen molar-refractivity contribution in [1.82, 2.24) is 20.4 Å². The van der Waals surface area contributed by atoms with Gasteiger partial charge in [0.1, 0.15) is 5.82 Å². The van der Waals surface area contributed by atoms with Crippen LogP contribution in [0.4, 0.5) is 4.39 Å². The second kappa shape index (κ2) is 14.9. The van der Waals surface area contributed by atoms with E-state index in [9.17, 15) is 4.39 Å². The molecule has 0 amide bonds. The average molecular weight is 507 g/mol. The molecule has 1 saturated heterocycles. The van der Waals surface area contributed by atoms with E-state index in [0.29, 0.717) is 0 Å². The highest BCUT2D eigenvalue weighted by atomic mass is 127. The lowest BCUT2D eigenvalue weighted by atomic mass is 10.2. The normalized spacial score (nSPS) is 15.4. The summed E-state index contributed by atoms with van der Waals surface area (Å²) in [6.07, 6.45) is 1.06. The lowest BCUT2D eigenvalue weighted by Gasteiger charge is -2.26. The van der Waals surface area contributed by atoms with E-state index < -0.39 is 0 Å². The van der Waals surface area contributed by atoms with Crippen molar-refractivity contribution in [3.8, 4) is 0 Å². The van der Waals surface area contributed by atoms with Gasteiger partial charge in [0, 0.05) is 52.4 Å². The van der Waals surface area contributed by atoms with E-state index in [-0.39, 0.29) is 29.8 Å². The molecule has 0 unspecified atom stereocenters. The zero-order valence-corrected chi connectivity index (χ0v) is 19.5. The topological polar surface area (TPSA) is 52.1 Å². The fraction of sp³-hybridized carbons (Fsp3) is 0.650. The Balaban J connectivity index is 0.00000392. The Morgan fingerprint density at radius 2 is 1.93 bits per heavy atom. The third kappa shape index (κ3) is 10.5. The van der Waals surface area contributed by atoms with Gasteiger partial charge in [0.2, 0.25) is 0 Å². The summed E-state index contributed by atoms with van der Waals surface area (Å²) in [5, 5.41) is 6.68. The molecule has 0 bridgehead atoms. The van der Waals surface area contributed by atoms with Crippen LogP contribution in [0.2, 0.25) is 0 Å². The van der Waals surface area contributed by atoms with E-state index in [1.165, 1.54) is 12.1 Å². The molecule has 2 N–H and O–H groups in total. The van der Waals surface area contributed by atoms with Crippen LogP contribution in [0.1, 0.15) is 18.9 Å². The molecule has 1 aromatic rings. The highest BCUT2D eigenvalue weighted by Gasteiger charge is 2.09. The van der Waals surface area contributed by atoms with Crippen molar-refractivity contribution in [3.63, 3.8) is 0 Å². The van der Waals surface area contributed by atoms with Crippen LogP contribution < -0.4 is 10.6 Å². The number of hydrogen-bond acceptors (Lipinski definition) is 4. The number of rotatable bonds is 10. The highest BCUT2D eigenvalue weighted by molar-refractivity contribution is 14.0. The van der Waals surface area contributed by atoms with E-state index in [2.05, 4.69) is 39.4 Å². The van der Waals surface area contributed by atoms with Crippen LogP contribution in [0.15, 0.2) is 29.3 Å². The van der Waals surface area contributed by atoms with Gasteiger partial charge < -0.3 is 20.3 Å². The van der Waals surface area contributed by atoms with Gasteiger partial charge in [-0.15, -0.1) is 24.0 Å². The molecular weight excluding hydrogens is 472 g/mol. The van der Waals surface area contributed by atoms with E-state index in [0.717, 1.165) is 83.5 Å². The van der Waals surface area contributed by atoms with Crippen molar-refractivity contribution in [2.75, 3.05) is 66.1 Å². The molecule has 28 heavy (non-hydrogen) atoms. The summed E-state index contributed by atoms with van der Waals surface area (Å²) in [5.74, 6) is 0.679. The number of nitrogens with zero attached hydrogens (tertiary/aromatic N) is 3. The van der Waals surface area contributed by atoms with Crippen molar-refractivity contribution < 1.29 is 9.13 Å². The minimum Gasteiger partial charge on any atom is -0.379 e. The molecule has 0 atom stereocenters. The van der Waals surface area contributed by atoms with E-state index in [4.69, 9.17) is 4.74 Å². The zero-order valence-electron chi connectivity index (χ0n) is 17.1. The minimum absolute atomic E-state index is 0. The molecule has 6 nitrogen and oxygen atoms in total. The predicted octanol–water partition coefficient (Wildman–Crippen LogP) is 2.15. The molecule has 8 heteroatoms. The molecule has 0 saturated carbocycles. The number of morpholine rings is 1. The SMILES string of the molecule is CCNC(=NCCCN1CCOCC1)NCCN(C)Cc1ccc(F)cc1.I. The van der Waals surface area contributed by atoms with Crippen LogP contribution in [0, 0.1) is 5.82 Å². The van der Waals surface area contributed by atoms with Crippen LogP contribution in [0.3, 0.4) is 0 Å². The third-order valence-corrected chi connectivity index (χ3v) is 4.50. The zero-order chi connectivity index (χ0) is 19.3. The molecule has 1 aromatic carbocycles. The summed E-state index contributed by atoms with van der Waals surface area (Å²) in [6.45, 7) is 11.1. The highest BCUT2D eigenvalue weighted by Crippen LogP contribution is 2.05. The van der Waals surface area contributed by atoms with Crippen molar-refractivity contribution in [3.05, 3.63) is 35.6 Å². The molecule has 1 aliphatic heterocycles. The second-order valence-electron chi connectivity index (χ2n) is 6.86. The molecule has 0 radical (unpaired) electrons. The first kappa shape index (κ1) is 25.1. The first-order valence-corrected chi connectivity index (χ1v) is 9.92. The average Bonchev–Trinajstić information content (AvgIpc) is 2.68. The summed E-state index contributed by atoms with van der Waals surface area (Å²) < 4.78 is 18.3. The van der Waals surface area contributed by atoms with Gasteiger partial charge in [-0.1, -0.05) is 12.1 Å². The van der Waals surface area contributed by atoms with Crippen molar-refractivity contribution in [2.45, 2.75) is 19.9 Å². The van der Waals surface area contributed by atoms with Crippen LogP contribution in [0.5, 0.6) is 0 Å². The standard InChI is InChI=1S/C20H34FN5O.HI/c1-3-22-20(23-9-4-11-26-13-15-27-16-14-26)24-10-12-25(2)17-18-5-7-19(21)8-6-18;/h5-8H,3-4,9-17H2,1-2H3,(H2,22,23,24);1H. The smallest absolute Gasteiger partial charge is 0.191 e. The number of guanidine groups is 1. The molecular formula is C20H35FIN5O. The maximum absolute atomic E-state index is 13.0. The van der Waals surface area contributed by atoms with Gasteiger partial charge in [0.15, 0.2) is 5.96 Å². The first-order chi connectivity index (χ1) is 13.2. The quantitative estimate of drug-likeness (QED) is 0.220. The summed E-state index contributed by atoms with van der Waals surface area (Å²) in [4.78, 5) is 9.31. The van der Waals surface area contributed by atoms with Gasteiger partial charge in [-0.05, 0) is 38.1 Å². The Hall–Kier alpha value is -0.970. The Morgan fingerprint density at radius 3 is 2.61 bits per heavy atom. The van der Waals surface area contributed by atoms with Gasteiger partial charge in [-0.2, -0.15) is 0 Å². The monoisotopic (exact) mass is 507 g/mol. The first-order valence-electron chi connectivity index (χ1n) is 9.92. The van der Waals surface area contributed by atoms with Crippen molar-refractivity contribution >= 4 is 29.9 Å². The van der Waals surface area contributed by atoms with Gasteiger partial charge in [0.05, 0.1) is 13.2 Å². The largest absolute Gasteiger partial charge is 0.379 e. The molecule has 1 heterocycles. The van der Waals surface area contributed by atoms with Crippen molar-refractivity contribution in [2.24, 2.45) is 4.99 Å². The Kier molecular flexibility index (Phi) is 13.4. The van der Waals surface area contributed by atoms with Gasteiger partial charge in [-0.3, -0.25) is 9.89 Å². The fourth-order valence-corrected chi connectivity index (χ4v) is 3.00. The Bertz CT molecular complexity index is 552. The number of ether oxygens (including phenoxy) is 1. The summed E-state index contributed by atoms with van der Waals surface area (Å²) in [5.41, 5.74) is 1.11. The minimum atomic E-state index is -0.191. The third-order valence-electron chi connectivity index (χ3n) is 4.50. The van der Waals surface area contributed by atoms with Crippen LogP contribution in [0.25, 0.3) is 0 Å². The van der Waals surface area contributed by atoms with Gasteiger partial charge >= 0.3 is 0 Å². The Labute approximate surface area is 185 Å². The molecule has 0 aromatic heterocycles.